The number of ether oxygens (including phenoxy) is 1. The highest BCUT2D eigenvalue weighted by molar-refractivity contribution is 5.78. The van der Waals surface area contributed by atoms with Gasteiger partial charge in [-0.2, -0.15) is 4.98 Å². The number of nitrogens with one attached hydrogen (secondary N) is 1. The second-order valence-corrected chi connectivity index (χ2v) is 4.63. The molecule has 1 aromatic carbocycles. The summed E-state index contributed by atoms with van der Waals surface area (Å²) >= 11 is 0. The maximum atomic E-state index is 5.70. The van der Waals surface area contributed by atoms with Crippen molar-refractivity contribution in [3.05, 3.63) is 18.2 Å². The summed E-state index contributed by atoms with van der Waals surface area (Å²) in [7, 11) is 0. The van der Waals surface area contributed by atoms with Crippen LogP contribution in [0.3, 0.4) is 0 Å². The number of rotatable bonds is 4. The Balaban J connectivity index is 1.56. The molecule has 0 amide bonds. The van der Waals surface area contributed by atoms with Crippen LogP contribution in [0, 0.1) is 0 Å². The number of nitrogens with zero attached hydrogens (tertiary/aromatic N) is 2. The van der Waals surface area contributed by atoms with Crippen LogP contribution in [0.15, 0.2) is 22.6 Å². The van der Waals surface area contributed by atoms with Crippen molar-refractivity contribution in [3.8, 4) is 0 Å². The highest BCUT2D eigenvalue weighted by Crippen LogP contribution is 2.20. The normalized spacial score (nSPS) is 16.8. The van der Waals surface area contributed by atoms with Gasteiger partial charge >= 0.3 is 0 Å². The van der Waals surface area contributed by atoms with E-state index in [0.29, 0.717) is 17.3 Å². The lowest BCUT2D eigenvalue weighted by molar-refractivity contribution is 0.0398. The summed E-state index contributed by atoms with van der Waals surface area (Å²) in [5, 5.41) is 3.20. The number of oxazole rings is 1. The van der Waals surface area contributed by atoms with Crippen molar-refractivity contribution in [2.45, 2.75) is 0 Å². The number of nitrogen functional groups attached to an aromatic ring is 1. The van der Waals surface area contributed by atoms with Gasteiger partial charge in [-0.05, 0) is 12.1 Å². The Labute approximate surface area is 111 Å². The van der Waals surface area contributed by atoms with Crippen LogP contribution in [0.4, 0.5) is 11.7 Å². The molecule has 3 rings (SSSR count). The van der Waals surface area contributed by atoms with Gasteiger partial charge in [-0.15, -0.1) is 0 Å². The molecule has 0 saturated carbocycles. The third-order valence-corrected chi connectivity index (χ3v) is 3.22. The van der Waals surface area contributed by atoms with Crippen molar-refractivity contribution in [2.75, 3.05) is 50.4 Å². The summed E-state index contributed by atoms with van der Waals surface area (Å²) in [5.74, 6) is 0. The maximum Gasteiger partial charge on any atom is 0.295 e. The van der Waals surface area contributed by atoms with Gasteiger partial charge in [0.2, 0.25) is 0 Å². The average Bonchev–Trinajstić information content (AvgIpc) is 2.82. The number of hydrogen-bond donors (Lipinski definition) is 2. The largest absolute Gasteiger partial charge is 0.423 e. The Hall–Kier alpha value is -1.79. The molecule has 0 unspecified atom stereocenters. The van der Waals surface area contributed by atoms with Crippen LogP contribution in [0.2, 0.25) is 0 Å². The van der Waals surface area contributed by atoms with Crippen LogP contribution in [0.1, 0.15) is 0 Å². The molecule has 1 fully saturated rings. The van der Waals surface area contributed by atoms with E-state index in [0.717, 1.165) is 44.9 Å². The summed E-state index contributed by atoms with van der Waals surface area (Å²) in [6.07, 6.45) is 0. The van der Waals surface area contributed by atoms with Crippen LogP contribution < -0.4 is 11.1 Å². The number of anilines is 2. The average molecular weight is 262 g/mol. The van der Waals surface area contributed by atoms with Gasteiger partial charge in [-0.3, -0.25) is 4.90 Å². The molecule has 2 heterocycles. The third-order valence-electron chi connectivity index (χ3n) is 3.22. The van der Waals surface area contributed by atoms with Crippen molar-refractivity contribution in [1.82, 2.24) is 9.88 Å². The Kier molecular flexibility index (Phi) is 3.52. The number of benzene rings is 1. The highest BCUT2D eigenvalue weighted by Gasteiger charge is 2.10. The predicted octanol–water partition coefficient (Wildman–Crippen LogP) is 1.15. The number of nitrogens with two attached hydrogens (primary N) is 1. The van der Waals surface area contributed by atoms with E-state index in [1.54, 1.807) is 6.07 Å². The van der Waals surface area contributed by atoms with Crippen LogP contribution in [-0.4, -0.2) is 49.3 Å². The molecule has 3 N–H and O–H groups in total. The van der Waals surface area contributed by atoms with Gasteiger partial charge in [0.15, 0.2) is 5.58 Å². The van der Waals surface area contributed by atoms with Crippen LogP contribution in [-0.2, 0) is 4.74 Å². The fourth-order valence-corrected chi connectivity index (χ4v) is 2.16. The maximum absolute atomic E-state index is 5.70. The lowest BCUT2D eigenvalue weighted by Crippen LogP contribution is -2.39. The van der Waals surface area contributed by atoms with Gasteiger partial charge in [-0.1, -0.05) is 0 Å². The van der Waals surface area contributed by atoms with Gasteiger partial charge < -0.3 is 20.2 Å². The summed E-state index contributed by atoms with van der Waals surface area (Å²) < 4.78 is 10.9. The van der Waals surface area contributed by atoms with E-state index in [2.05, 4.69) is 15.2 Å². The van der Waals surface area contributed by atoms with Gasteiger partial charge in [0.25, 0.3) is 6.01 Å². The zero-order valence-electron chi connectivity index (χ0n) is 10.8. The van der Waals surface area contributed by atoms with Crippen LogP contribution >= 0.6 is 0 Å². The number of fused-ring (bicyclic) bond motifs is 1. The zero-order chi connectivity index (χ0) is 13.1. The highest BCUT2D eigenvalue weighted by atomic mass is 16.5. The standard InChI is InChI=1S/C13H18N4O2/c14-10-1-2-11-12(9-10)19-13(16-11)15-3-4-17-5-7-18-8-6-17/h1-2,9H,3-8,14H2,(H,15,16). The second kappa shape index (κ2) is 5.46. The first-order valence-corrected chi connectivity index (χ1v) is 6.51. The van der Waals surface area contributed by atoms with E-state index in [1.807, 2.05) is 12.1 Å². The first-order valence-electron chi connectivity index (χ1n) is 6.51. The van der Waals surface area contributed by atoms with Gasteiger partial charge in [0.1, 0.15) is 5.52 Å². The molecule has 0 atom stereocenters. The number of hydrogen-bond acceptors (Lipinski definition) is 6. The number of aromatic nitrogens is 1. The summed E-state index contributed by atoms with van der Waals surface area (Å²) in [5.41, 5.74) is 7.93. The van der Waals surface area contributed by atoms with Gasteiger partial charge in [0.05, 0.1) is 13.2 Å². The minimum Gasteiger partial charge on any atom is -0.423 e. The quantitative estimate of drug-likeness (QED) is 0.805. The van der Waals surface area contributed by atoms with E-state index in [9.17, 15) is 0 Å². The van der Waals surface area contributed by atoms with Crippen molar-refractivity contribution in [1.29, 1.82) is 0 Å². The Morgan fingerprint density at radius 1 is 1.32 bits per heavy atom. The molecule has 102 valence electrons. The summed E-state index contributed by atoms with van der Waals surface area (Å²) in [6.45, 7) is 5.40. The third kappa shape index (κ3) is 2.97. The lowest BCUT2D eigenvalue weighted by Gasteiger charge is -2.26. The zero-order valence-corrected chi connectivity index (χ0v) is 10.8. The van der Waals surface area contributed by atoms with E-state index in [1.165, 1.54) is 0 Å². The Morgan fingerprint density at radius 2 is 2.16 bits per heavy atom. The Bertz CT molecular complexity index is 549. The molecule has 1 aliphatic heterocycles. The summed E-state index contributed by atoms with van der Waals surface area (Å²) in [4.78, 5) is 6.72. The predicted molar refractivity (Wildman–Crippen MR) is 74.2 cm³/mol. The molecule has 0 aliphatic carbocycles. The van der Waals surface area contributed by atoms with Crippen LogP contribution in [0.25, 0.3) is 11.1 Å². The minimum absolute atomic E-state index is 0.550. The van der Waals surface area contributed by atoms with Crippen molar-refractivity contribution < 1.29 is 9.15 Å². The molecule has 6 nitrogen and oxygen atoms in total. The molecule has 1 aromatic heterocycles. The molecule has 1 aliphatic rings. The lowest BCUT2D eigenvalue weighted by atomic mass is 10.3. The summed E-state index contributed by atoms with van der Waals surface area (Å²) in [6, 6.07) is 6.02. The van der Waals surface area contributed by atoms with E-state index in [-0.39, 0.29) is 0 Å². The minimum atomic E-state index is 0.550. The molecule has 0 bridgehead atoms. The van der Waals surface area contributed by atoms with Crippen molar-refractivity contribution in [2.24, 2.45) is 0 Å². The number of morpholine rings is 1. The van der Waals surface area contributed by atoms with Crippen LogP contribution in [0.5, 0.6) is 0 Å². The van der Waals surface area contributed by atoms with Gasteiger partial charge in [0, 0.05) is 37.9 Å². The fraction of sp³-hybridized carbons (Fsp3) is 0.462. The smallest absolute Gasteiger partial charge is 0.295 e. The molecule has 19 heavy (non-hydrogen) atoms. The molecule has 0 spiro atoms. The van der Waals surface area contributed by atoms with E-state index < -0.39 is 0 Å². The first kappa shape index (κ1) is 12.3. The van der Waals surface area contributed by atoms with E-state index in [4.69, 9.17) is 14.9 Å². The molecule has 0 radical (unpaired) electrons. The van der Waals surface area contributed by atoms with Crippen molar-refractivity contribution >= 4 is 22.8 Å². The van der Waals surface area contributed by atoms with E-state index >= 15 is 0 Å². The van der Waals surface area contributed by atoms with Gasteiger partial charge in [-0.25, -0.2) is 0 Å². The SMILES string of the molecule is Nc1ccc2nc(NCCN3CCOCC3)oc2c1. The Morgan fingerprint density at radius 3 is 3.00 bits per heavy atom. The molecule has 2 aromatic rings. The second-order valence-electron chi connectivity index (χ2n) is 4.63. The topological polar surface area (TPSA) is 76.5 Å². The molecule has 6 heteroatoms. The molecule has 1 saturated heterocycles. The monoisotopic (exact) mass is 262 g/mol. The first-order chi connectivity index (χ1) is 9.31. The molecular weight excluding hydrogens is 244 g/mol. The van der Waals surface area contributed by atoms with Crippen molar-refractivity contribution in [3.63, 3.8) is 0 Å². The molecular formula is C13H18N4O2. The fourth-order valence-electron chi connectivity index (χ4n) is 2.16.